The summed E-state index contributed by atoms with van der Waals surface area (Å²) in [7, 11) is -2.77. The van der Waals surface area contributed by atoms with Gasteiger partial charge in [-0.05, 0) is 31.2 Å². The Balaban J connectivity index is 1.88. The Morgan fingerprint density at radius 2 is 1.88 bits per heavy atom. The number of carbonyl (C=O) groups excluding carboxylic acids is 1. The first kappa shape index (κ1) is 21.9. The van der Waals surface area contributed by atoms with Crippen molar-refractivity contribution < 1.29 is 26.7 Å². The molecule has 32 heavy (non-hydrogen) atoms. The Bertz CT molecular complexity index is 1320. The van der Waals surface area contributed by atoms with Crippen LogP contribution in [-0.4, -0.2) is 39.5 Å². The van der Waals surface area contributed by atoms with Gasteiger partial charge in [-0.15, -0.1) is 0 Å². The van der Waals surface area contributed by atoms with Crippen molar-refractivity contribution in [3.63, 3.8) is 0 Å². The molecule has 0 radical (unpaired) electrons. The minimum absolute atomic E-state index is 0.00530. The quantitative estimate of drug-likeness (QED) is 0.625. The van der Waals surface area contributed by atoms with Crippen molar-refractivity contribution in [2.24, 2.45) is 5.14 Å². The van der Waals surface area contributed by atoms with E-state index in [0.717, 1.165) is 0 Å². The fourth-order valence-electron chi connectivity index (χ4n) is 3.75. The molecule has 168 valence electrons. The summed E-state index contributed by atoms with van der Waals surface area (Å²) in [6.07, 6.45) is 1.61. The van der Waals surface area contributed by atoms with E-state index in [1.165, 1.54) is 12.0 Å². The molecule has 0 atom stereocenters. The molecule has 1 aliphatic rings. The van der Waals surface area contributed by atoms with E-state index < -0.39 is 38.7 Å². The van der Waals surface area contributed by atoms with Crippen molar-refractivity contribution in [1.82, 2.24) is 4.98 Å². The Labute approximate surface area is 183 Å². The number of hydrogen-bond donors (Lipinski definition) is 1. The molecule has 8 nitrogen and oxygen atoms in total. The number of benzene rings is 2. The zero-order chi connectivity index (χ0) is 23.2. The second-order valence-corrected chi connectivity index (χ2v) is 8.84. The molecule has 2 N–H and O–H groups in total. The highest BCUT2D eigenvalue weighted by Crippen LogP contribution is 2.40. The number of ether oxygens (including phenoxy) is 1. The number of nitrogens with two attached hydrogens (primary N) is 1. The number of anilines is 2. The number of sulfonamides is 1. The number of hydrogen-bond acceptors (Lipinski definition) is 6. The maximum Gasteiger partial charge on any atom is 0.246 e. The molecule has 0 saturated carbocycles. The lowest BCUT2D eigenvalue weighted by Gasteiger charge is -2.37. The maximum absolute atomic E-state index is 14.7. The summed E-state index contributed by atoms with van der Waals surface area (Å²) in [6, 6.07) is 6.44. The minimum Gasteiger partial charge on any atom is -0.497 e. The first-order valence-corrected chi connectivity index (χ1v) is 11.2. The van der Waals surface area contributed by atoms with Crippen LogP contribution in [0.4, 0.5) is 20.2 Å². The molecule has 3 aromatic rings. The Kier molecular flexibility index (Phi) is 5.47. The van der Waals surface area contributed by atoms with Crippen molar-refractivity contribution >= 4 is 38.2 Å². The van der Waals surface area contributed by atoms with Crippen molar-refractivity contribution in [2.45, 2.75) is 18.4 Å². The Morgan fingerprint density at radius 3 is 2.47 bits per heavy atom. The lowest BCUT2D eigenvalue weighted by Crippen LogP contribution is -2.45. The summed E-state index contributed by atoms with van der Waals surface area (Å²) in [5.41, 5.74) is 1.21. The highest BCUT2D eigenvalue weighted by Gasteiger charge is 2.32. The number of aromatic nitrogens is 1. The summed E-state index contributed by atoms with van der Waals surface area (Å²) >= 11 is 0. The minimum atomic E-state index is -4.29. The smallest absolute Gasteiger partial charge is 0.246 e. The van der Waals surface area contributed by atoms with E-state index in [9.17, 15) is 22.0 Å². The predicted octanol–water partition coefficient (Wildman–Crippen LogP) is 2.54. The number of carbonyl (C=O) groups is 1. The van der Waals surface area contributed by atoms with Crippen molar-refractivity contribution in [3.8, 4) is 5.75 Å². The number of amides is 1. The first-order valence-electron chi connectivity index (χ1n) is 9.66. The van der Waals surface area contributed by atoms with E-state index in [1.807, 2.05) is 11.8 Å². The van der Waals surface area contributed by atoms with Gasteiger partial charge in [0.15, 0.2) is 0 Å². The first-order chi connectivity index (χ1) is 15.1. The molecule has 0 bridgehead atoms. The highest BCUT2D eigenvalue weighted by atomic mass is 32.2. The van der Waals surface area contributed by atoms with Crippen LogP contribution in [0.5, 0.6) is 5.75 Å². The zero-order valence-corrected chi connectivity index (χ0v) is 18.1. The average molecular weight is 462 g/mol. The van der Waals surface area contributed by atoms with E-state index in [1.54, 1.807) is 24.4 Å². The number of primary sulfonamides is 1. The van der Waals surface area contributed by atoms with Gasteiger partial charge in [-0.2, -0.15) is 0 Å². The van der Waals surface area contributed by atoms with Crippen LogP contribution in [0.15, 0.2) is 41.4 Å². The van der Waals surface area contributed by atoms with Crippen molar-refractivity contribution in [3.05, 3.63) is 53.7 Å². The molecule has 1 aromatic heterocycles. The van der Waals surface area contributed by atoms with Gasteiger partial charge in [-0.1, -0.05) is 0 Å². The van der Waals surface area contributed by atoms with Crippen molar-refractivity contribution in [1.29, 1.82) is 0 Å². The van der Waals surface area contributed by atoms with Crippen LogP contribution >= 0.6 is 0 Å². The molecule has 11 heteroatoms. The number of nitrogens with zero attached hydrogens (tertiary/aromatic N) is 3. The number of methoxy groups -OCH3 is 1. The van der Waals surface area contributed by atoms with E-state index in [2.05, 4.69) is 4.98 Å². The summed E-state index contributed by atoms with van der Waals surface area (Å²) < 4.78 is 57.6. The monoisotopic (exact) mass is 462 g/mol. The molecule has 0 saturated heterocycles. The van der Waals surface area contributed by atoms with Crippen molar-refractivity contribution in [2.75, 3.05) is 30.0 Å². The molecule has 4 rings (SSSR count). The van der Waals surface area contributed by atoms with Gasteiger partial charge < -0.3 is 14.5 Å². The summed E-state index contributed by atoms with van der Waals surface area (Å²) in [5.74, 6) is -2.01. The van der Waals surface area contributed by atoms with Gasteiger partial charge in [-0.25, -0.2) is 22.3 Å². The number of rotatable bonds is 5. The average Bonchev–Trinajstić information content (AvgIpc) is 2.75. The molecule has 0 unspecified atom stereocenters. The van der Waals surface area contributed by atoms with Gasteiger partial charge in [0.25, 0.3) is 0 Å². The third-order valence-corrected chi connectivity index (χ3v) is 6.30. The Morgan fingerprint density at radius 1 is 1.19 bits per heavy atom. The molecule has 1 amide bonds. The van der Waals surface area contributed by atoms with Gasteiger partial charge in [-0.3, -0.25) is 9.78 Å². The summed E-state index contributed by atoms with van der Waals surface area (Å²) in [6.45, 7) is 1.99. The van der Waals surface area contributed by atoms with Crippen LogP contribution in [0.3, 0.4) is 0 Å². The Hall–Kier alpha value is -3.31. The van der Waals surface area contributed by atoms with Gasteiger partial charge in [0, 0.05) is 23.6 Å². The molecule has 2 aromatic carbocycles. The lowest BCUT2D eigenvalue weighted by atomic mass is 10.1. The fraction of sp³-hybridized carbons (Fsp3) is 0.238. The third kappa shape index (κ3) is 3.73. The normalized spacial score (nSPS) is 14.1. The molecule has 0 aliphatic carbocycles. The van der Waals surface area contributed by atoms with Gasteiger partial charge in [0.05, 0.1) is 48.2 Å². The highest BCUT2D eigenvalue weighted by molar-refractivity contribution is 7.89. The van der Waals surface area contributed by atoms with E-state index in [4.69, 9.17) is 9.88 Å². The fourth-order valence-corrected chi connectivity index (χ4v) is 4.29. The van der Waals surface area contributed by atoms with Gasteiger partial charge in [0.2, 0.25) is 15.9 Å². The van der Waals surface area contributed by atoms with Crippen LogP contribution in [-0.2, 0) is 21.4 Å². The third-order valence-electron chi connectivity index (χ3n) is 5.41. The second kappa shape index (κ2) is 7.99. The SMILES string of the molecule is CCN1CC(=O)N(Cc2c(F)cc(S(N)(=O)=O)cc2F)c2c1cnc1cc(OC)ccc21. The standard InChI is InChI=1S/C21H20F2N4O4S/c1-3-26-11-20(28)27(10-15-16(22)7-13(8-17(15)23)32(24,29)30)21-14-5-4-12(31-2)6-18(14)25-9-19(21)26/h4-9H,3,10-11H2,1-2H3,(H2,24,29,30). The zero-order valence-electron chi connectivity index (χ0n) is 17.3. The number of likely N-dealkylation sites (N-methyl/N-ethyl adjacent to an activating group) is 1. The molecule has 1 aliphatic heterocycles. The molecule has 0 spiro atoms. The largest absolute Gasteiger partial charge is 0.497 e. The summed E-state index contributed by atoms with van der Waals surface area (Å²) in [4.78, 5) is 19.9. The summed E-state index contributed by atoms with van der Waals surface area (Å²) in [5, 5.41) is 5.59. The van der Waals surface area contributed by atoms with Gasteiger partial charge >= 0.3 is 0 Å². The molecular weight excluding hydrogens is 442 g/mol. The van der Waals surface area contributed by atoms with E-state index >= 15 is 0 Å². The van der Waals surface area contributed by atoms with Crippen LogP contribution in [0.25, 0.3) is 10.9 Å². The van der Waals surface area contributed by atoms with Crippen LogP contribution in [0.1, 0.15) is 12.5 Å². The number of fused-ring (bicyclic) bond motifs is 3. The predicted molar refractivity (Wildman–Crippen MR) is 115 cm³/mol. The van der Waals surface area contributed by atoms with Gasteiger partial charge in [0.1, 0.15) is 17.4 Å². The van der Waals surface area contributed by atoms with Crippen LogP contribution < -0.4 is 19.7 Å². The molecule has 2 heterocycles. The number of halogens is 2. The second-order valence-electron chi connectivity index (χ2n) is 7.28. The lowest BCUT2D eigenvalue weighted by molar-refractivity contribution is -0.117. The van der Waals surface area contributed by atoms with E-state index in [-0.39, 0.29) is 12.5 Å². The van der Waals surface area contributed by atoms with E-state index in [0.29, 0.717) is 46.7 Å². The molecular formula is C21H20F2N4O4S. The van der Waals surface area contributed by atoms with Crippen LogP contribution in [0.2, 0.25) is 0 Å². The maximum atomic E-state index is 14.7. The van der Waals surface area contributed by atoms with Crippen LogP contribution in [0, 0.1) is 11.6 Å². The molecule has 0 fully saturated rings. The topological polar surface area (TPSA) is 106 Å². The number of pyridine rings is 1.